The second kappa shape index (κ2) is 4.30. The summed E-state index contributed by atoms with van der Waals surface area (Å²) in [6.07, 6.45) is 8.14. The maximum Gasteiger partial charge on any atom is 0.325 e. The van der Waals surface area contributed by atoms with E-state index in [9.17, 15) is 4.79 Å². The number of methoxy groups -OCH3 is 1. The largest absolute Gasteiger partial charge is 0.468 e. The Kier molecular flexibility index (Phi) is 3.67. The van der Waals surface area contributed by atoms with Gasteiger partial charge in [0.1, 0.15) is 5.54 Å². The lowest BCUT2D eigenvalue weighted by Crippen LogP contribution is -2.63. The number of hydrogen-bond donors (Lipinski definition) is 1. The van der Waals surface area contributed by atoms with Gasteiger partial charge in [-0.2, -0.15) is 0 Å². The van der Waals surface area contributed by atoms with Crippen molar-refractivity contribution in [2.45, 2.75) is 50.5 Å². The molecule has 0 saturated heterocycles. The van der Waals surface area contributed by atoms with Crippen LogP contribution in [0.2, 0.25) is 0 Å². The van der Waals surface area contributed by atoms with E-state index < -0.39 is 5.54 Å². The first-order valence-electron chi connectivity index (χ1n) is 5.48. The maximum atomic E-state index is 11.4. The molecular weight excluding hydrogens is 214 g/mol. The first-order chi connectivity index (χ1) is 6.60. The molecule has 15 heavy (non-hydrogen) atoms. The van der Waals surface area contributed by atoms with Crippen molar-refractivity contribution in [3.8, 4) is 0 Å². The van der Waals surface area contributed by atoms with Crippen LogP contribution >= 0.6 is 12.4 Å². The van der Waals surface area contributed by atoms with E-state index in [-0.39, 0.29) is 18.4 Å². The normalized spacial score (nSPS) is 26.3. The summed E-state index contributed by atoms with van der Waals surface area (Å²) >= 11 is 0. The van der Waals surface area contributed by atoms with Crippen LogP contribution in [0.25, 0.3) is 0 Å². The molecule has 2 aliphatic rings. The molecule has 1 spiro atoms. The predicted octanol–water partition coefficient (Wildman–Crippen LogP) is 2.02. The summed E-state index contributed by atoms with van der Waals surface area (Å²) < 4.78 is 4.73. The highest BCUT2D eigenvalue weighted by molar-refractivity contribution is 5.85. The Morgan fingerprint density at radius 2 is 1.73 bits per heavy atom. The molecule has 3 nitrogen and oxygen atoms in total. The Hall–Kier alpha value is -0.280. The summed E-state index contributed by atoms with van der Waals surface area (Å²) in [4.78, 5) is 11.4. The van der Waals surface area contributed by atoms with Crippen LogP contribution in [0, 0.1) is 5.41 Å². The monoisotopic (exact) mass is 233 g/mol. The number of esters is 1. The van der Waals surface area contributed by atoms with Crippen molar-refractivity contribution in [2.75, 3.05) is 7.11 Å². The third kappa shape index (κ3) is 2.13. The van der Waals surface area contributed by atoms with Crippen molar-refractivity contribution in [1.82, 2.24) is 0 Å². The summed E-state index contributed by atoms with van der Waals surface area (Å²) in [6.45, 7) is 0. The zero-order valence-corrected chi connectivity index (χ0v) is 10.1. The summed E-state index contributed by atoms with van der Waals surface area (Å²) in [5, 5.41) is 0. The zero-order valence-electron chi connectivity index (χ0n) is 9.25. The summed E-state index contributed by atoms with van der Waals surface area (Å²) in [7, 11) is 1.42. The molecule has 2 fully saturated rings. The van der Waals surface area contributed by atoms with Crippen LogP contribution in [0.15, 0.2) is 0 Å². The molecule has 4 heteroatoms. The van der Waals surface area contributed by atoms with E-state index >= 15 is 0 Å². The number of ether oxygens (including phenoxy) is 1. The molecule has 0 bridgehead atoms. The number of carbonyl (C=O) groups is 1. The minimum Gasteiger partial charge on any atom is -0.468 e. The fourth-order valence-corrected chi connectivity index (χ4v) is 3.29. The average Bonchev–Trinajstić information content (AvgIpc) is 2.16. The minimum absolute atomic E-state index is 0. The molecule has 0 aromatic heterocycles. The van der Waals surface area contributed by atoms with E-state index in [1.807, 2.05) is 0 Å². The first-order valence-corrected chi connectivity index (χ1v) is 5.48. The minimum atomic E-state index is -0.661. The molecule has 0 heterocycles. The molecule has 2 rings (SSSR count). The van der Waals surface area contributed by atoms with Crippen LogP contribution in [0.1, 0.15) is 44.9 Å². The SMILES string of the molecule is COC(=O)C1(N)CC2(CCCCC2)C1.Cl. The fourth-order valence-electron chi connectivity index (χ4n) is 3.29. The molecule has 0 aromatic rings. The third-order valence-corrected chi connectivity index (χ3v) is 3.89. The molecule has 2 saturated carbocycles. The first kappa shape index (κ1) is 12.8. The fraction of sp³-hybridized carbons (Fsp3) is 0.909. The van der Waals surface area contributed by atoms with Crippen LogP contribution in [0.3, 0.4) is 0 Å². The molecule has 0 aliphatic heterocycles. The molecule has 0 amide bonds. The second-order valence-corrected chi connectivity index (χ2v) is 5.06. The van der Waals surface area contributed by atoms with Gasteiger partial charge in [-0.3, -0.25) is 4.79 Å². The summed E-state index contributed by atoms with van der Waals surface area (Å²) in [6, 6.07) is 0. The van der Waals surface area contributed by atoms with Crippen molar-refractivity contribution in [3.05, 3.63) is 0 Å². The van der Waals surface area contributed by atoms with Gasteiger partial charge in [-0.05, 0) is 31.1 Å². The van der Waals surface area contributed by atoms with E-state index in [1.165, 1.54) is 39.2 Å². The van der Waals surface area contributed by atoms with E-state index in [2.05, 4.69) is 0 Å². The average molecular weight is 234 g/mol. The van der Waals surface area contributed by atoms with Crippen LogP contribution in [-0.4, -0.2) is 18.6 Å². The van der Waals surface area contributed by atoms with E-state index in [0.717, 1.165) is 12.8 Å². The van der Waals surface area contributed by atoms with Crippen LogP contribution in [-0.2, 0) is 9.53 Å². The predicted molar refractivity (Wildman–Crippen MR) is 60.9 cm³/mol. The molecule has 0 unspecified atom stereocenters. The third-order valence-electron chi connectivity index (χ3n) is 3.89. The van der Waals surface area contributed by atoms with Gasteiger partial charge in [0.15, 0.2) is 0 Å². The maximum absolute atomic E-state index is 11.4. The quantitative estimate of drug-likeness (QED) is 0.705. The number of nitrogens with two attached hydrogens (primary N) is 1. The van der Waals surface area contributed by atoms with Crippen molar-refractivity contribution < 1.29 is 9.53 Å². The topological polar surface area (TPSA) is 52.3 Å². The molecule has 2 N–H and O–H groups in total. The molecule has 0 radical (unpaired) electrons. The molecule has 0 atom stereocenters. The van der Waals surface area contributed by atoms with Gasteiger partial charge in [-0.15, -0.1) is 12.4 Å². The van der Waals surface area contributed by atoms with E-state index in [4.69, 9.17) is 10.5 Å². The van der Waals surface area contributed by atoms with Crippen LogP contribution in [0.5, 0.6) is 0 Å². The van der Waals surface area contributed by atoms with Crippen LogP contribution in [0.4, 0.5) is 0 Å². The van der Waals surface area contributed by atoms with Crippen LogP contribution < -0.4 is 5.73 Å². The zero-order chi connectivity index (χ0) is 10.2. The van der Waals surface area contributed by atoms with Gasteiger partial charge in [-0.1, -0.05) is 19.3 Å². The smallest absolute Gasteiger partial charge is 0.325 e. The standard InChI is InChI=1S/C11H19NO2.ClH/c1-14-9(13)11(12)7-10(8-11)5-3-2-4-6-10;/h2-8,12H2,1H3;1H. The van der Waals surface area contributed by atoms with Crippen molar-refractivity contribution >= 4 is 18.4 Å². The number of halogens is 1. The van der Waals surface area contributed by atoms with Gasteiger partial charge in [0.05, 0.1) is 7.11 Å². The Morgan fingerprint density at radius 1 is 1.20 bits per heavy atom. The number of rotatable bonds is 1. The Balaban J connectivity index is 0.00000112. The van der Waals surface area contributed by atoms with Crippen molar-refractivity contribution in [1.29, 1.82) is 0 Å². The second-order valence-electron chi connectivity index (χ2n) is 5.06. The lowest BCUT2D eigenvalue weighted by atomic mass is 9.52. The van der Waals surface area contributed by atoms with Gasteiger partial charge in [0, 0.05) is 0 Å². The van der Waals surface area contributed by atoms with Gasteiger partial charge in [0.25, 0.3) is 0 Å². The molecular formula is C11H20ClNO2. The van der Waals surface area contributed by atoms with E-state index in [0.29, 0.717) is 5.41 Å². The summed E-state index contributed by atoms with van der Waals surface area (Å²) in [5.74, 6) is -0.228. The molecule has 88 valence electrons. The van der Waals surface area contributed by atoms with Gasteiger partial charge >= 0.3 is 5.97 Å². The Morgan fingerprint density at radius 3 is 2.20 bits per heavy atom. The van der Waals surface area contributed by atoms with Crippen molar-refractivity contribution in [2.24, 2.45) is 11.1 Å². The highest BCUT2D eigenvalue weighted by Crippen LogP contribution is 2.55. The molecule has 0 aromatic carbocycles. The number of carbonyl (C=O) groups excluding carboxylic acids is 1. The summed E-state index contributed by atoms with van der Waals surface area (Å²) in [5.41, 5.74) is 5.72. The lowest BCUT2D eigenvalue weighted by molar-refractivity contribution is -0.158. The van der Waals surface area contributed by atoms with Crippen molar-refractivity contribution in [3.63, 3.8) is 0 Å². The lowest BCUT2D eigenvalue weighted by Gasteiger charge is -2.54. The number of hydrogen-bond acceptors (Lipinski definition) is 3. The Bertz CT molecular complexity index is 241. The highest BCUT2D eigenvalue weighted by atomic mass is 35.5. The van der Waals surface area contributed by atoms with E-state index in [1.54, 1.807) is 0 Å². The van der Waals surface area contributed by atoms with Gasteiger partial charge in [-0.25, -0.2) is 0 Å². The van der Waals surface area contributed by atoms with Gasteiger partial charge < -0.3 is 10.5 Å². The highest BCUT2D eigenvalue weighted by Gasteiger charge is 2.56. The Labute approximate surface area is 97.1 Å². The molecule has 2 aliphatic carbocycles. The van der Waals surface area contributed by atoms with Gasteiger partial charge in [0.2, 0.25) is 0 Å².